The Morgan fingerprint density at radius 2 is 1.89 bits per heavy atom. The fraction of sp³-hybridized carbons (Fsp3) is 0.538. The quantitative estimate of drug-likeness (QED) is 0.448. The van der Waals surface area contributed by atoms with Crippen LogP contribution in [0.15, 0.2) is 29.1 Å². The Hall–Kier alpha value is -2.76. The molecule has 3 rings (SSSR count). The number of ether oxygens (including phenoxy) is 1. The van der Waals surface area contributed by atoms with Crippen LogP contribution in [-0.2, 0) is 27.3 Å². The molecule has 1 aliphatic rings. The van der Waals surface area contributed by atoms with E-state index in [4.69, 9.17) is 16.3 Å². The number of hydrogen-bond acceptors (Lipinski definition) is 6. The number of alkyl halides is 3. The van der Waals surface area contributed by atoms with Crippen molar-refractivity contribution in [3.8, 4) is 11.3 Å². The number of hydrogen-bond donors (Lipinski definition) is 2. The van der Waals surface area contributed by atoms with Crippen LogP contribution in [0.25, 0.3) is 11.3 Å². The van der Waals surface area contributed by atoms with Crippen LogP contribution in [0, 0.1) is 10.8 Å². The van der Waals surface area contributed by atoms with Crippen LogP contribution >= 0.6 is 11.6 Å². The maximum Gasteiger partial charge on any atom is 0.389 e. The first-order chi connectivity index (χ1) is 17.6. The molecule has 2 N–H and O–H groups in total. The molecule has 0 atom stereocenters. The smallest absolute Gasteiger partial charge is 0.389 e. The van der Waals surface area contributed by atoms with Gasteiger partial charge in [-0.05, 0) is 24.6 Å². The molecule has 0 radical (unpaired) electrons. The number of ketones is 1. The van der Waals surface area contributed by atoms with Crippen LogP contribution in [0.5, 0.6) is 0 Å². The molecule has 0 bridgehead atoms. The molecule has 1 saturated heterocycles. The van der Waals surface area contributed by atoms with Gasteiger partial charge >= 0.3 is 6.18 Å². The molecule has 8 nitrogen and oxygen atoms in total. The number of nitrogens with one attached hydrogen (secondary N) is 1. The van der Waals surface area contributed by atoms with E-state index in [0.717, 1.165) is 10.6 Å². The summed E-state index contributed by atoms with van der Waals surface area (Å²) in [5.41, 5.74) is -1.38. The average Bonchev–Trinajstić information content (AvgIpc) is 2.78. The molecule has 0 aliphatic carbocycles. The predicted molar refractivity (Wildman–Crippen MR) is 136 cm³/mol. The van der Waals surface area contributed by atoms with Crippen molar-refractivity contribution in [2.75, 3.05) is 25.1 Å². The van der Waals surface area contributed by atoms with E-state index in [2.05, 4.69) is 10.3 Å². The van der Waals surface area contributed by atoms with Crippen molar-refractivity contribution < 1.29 is 32.6 Å². The molecule has 0 spiro atoms. The zero-order chi connectivity index (χ0) is 28.3. The Balaban J connectivity index is 1.96. The zero-order valence-electron chi connectivity index (χ0n) is 21.5. The SMILES string of the molecule is CC(C)(C)C(=O)Nc1cc(Cl)ccc1-c1cc(=O)n(CC(=O)CCC2(CO)COC2)c(CCC(F)(F)F)n1. The van der Waals surface area contributed by atoms with E-state index in [0.29, 0.717) is 30.2 Å². The van der Waals surface area contributed by atoms with Gasteiger partial charge in [-0.2, -0.15) is 13.2 Å². The van der Waals surface area contributed by atoms with Crippen molar-refractivity contribution in [1.82, 2.24) is 9.55 Å². The summed E-state index contributed by atoms with van der Waals surface area (Å²) in [6.45, 7) is 5.16. The highest BCUT2D eigenvalue weighted by Gasteiger charge is 2.38. The topological polar surface area (TPSA) is 111 Å². The molecule has 1 aliphatic heterocycles. The highest BCUT2D eigenvalue weighted by molar-refractivity contribution is 6.31. The van der Waals surface area contributed by atoms with E-state index in [1.54, 1.807) is 20.8 Å². The number of rotatable bonds is 10. The lowest BCUT2D eigenvalue weighted by Gasteiger charge is -2.39. The first kappa shape index (κ1) is 29.8. The Labute approximate surface area is 223 Å². The number of aliphatic hydroxyl groups is 1. The van der Waals surface area contributed by atoms with Gasteiger partial charge in [0.2, 0.25) is 5.91 Å². The second kappa shape index (κ2) is 11.5. The van der Waals surface area contributed by atoms with E-state index in [-0.39, 0.29) is 41.9 Å². The molecular formula is C26H31ClF3N3O5. The van der Waals surface area contributed by atoms with E-state index in [9.17, 15) is 32.7 Å². The van der Waals surface area contributed by atoms with Crippen molar-refractivity contribution in [2.24, 2.45) is 10.8 Å². The second-order valence-electron chi connectivity index (χ2n) is 10.7. The molecule has 1 aromatic heterocycles. The van der Waals surface area contributed by atoms with Crippen molar-refractivity contribution in [1.29, 1.82) is 0 Å². The van der Waals surface area contributed by atoms with Crippen LogP contribution in [0.3, 0.4) is 0 Å². The van der Waals surface area contributed by atoms with E-state index in [1.165, 1.54) is 18.2 Å². The Bertz CT molecular complexity index is 1240. The summed E-state index contributed by atoms with van der Waals surface area (Å²) in [4.78, 5) is 42.7. The monoisotopic (exact) mass is 557 g/mol. The van der Waals surface area contributed by atoms with Gasteiger partial charge in [0.25, 0.3) is 5.56 Å². The number of carbonyl (C=O) groups is 2. The Morgan fingerprint density at radius 1 is 1.21 bits per heavy atom. The first-order valence-electron chi connectivity index (χ1n) is 12.1. The van der Waals surface area contributed by atoms with Crippen LogP contribution in [-0.4, -0.2) is 52.3 Å². The first-order valence-corrected chi connectivity index (χ1v) is 12.5. The number of halogens is 4. The summed E-state index contributed by atoms with van der Waals surface area (Å²) >= 11 is 6.11. The third-order valence-electron chi connectivity index (χ3n) is 6.33. The van der Waals surface area contributed by atoms with Gasteiger partial charge in [0.1, 0.15) is 5.82 Å². The molecule has 0 saturated carbocycles. The molecule has 2 heterocycles. The summed E-state index contributed by atoms with van der Waals surface area (Å²) in [6, 6.07) is 5.61. The van der Waals surface area contributed by atoms with Gasteiger partial charge in [-0.15, -0.1) is 0 Å². The van der Waals surface area contributed by atoms with Gasteiger partial charge < -0.3 is 15.2 Å². The molecule has 2 aromatic rings. The van der Waals surface area contributed by atoms with Crippen molar-refractivity contribution in [2.45, 2.75) is 59.2 Å². The van der Waals surface area contributed by atoms with Crippen molar-refractivity contribution in [3.63, 3.8) is 0 Å². The van der Waals surface area contributed by atoms with Gasteiger partial charge in [0.15, 0.2) is 5.78 Å². The number of aliphatic hydroxyl groups excluding tert-OH is 1. The standard InChI is InChI=1S/C26H31ClF3N3O5/c1-24(2,3)23(37)32-19-10-16(27)4-5-18(19)20-11-22(36)33(21(31-20)7-9-26(28,29)30)12-17(35)6-8-25(13-34)14-38-15-25/h4-5,10-11,34H,6-9,12-15H2,1-3H3,(H,32,37). The summed E-state index contributed by atoms with van der Waals surface area (Å²) in [5, 5.41) is 12.6. The number of benzene rings is 1. The number of Topliss-reactive ketones (excluding diaryl/α,β-unsaturated/α-hetero) is 1. The van der Waals surface area contributed by atoms with Crippen molar-refractivity contribution >= 4 is 29.0 Å². The van der Waals surface area contributed by atoms with E-state index in [1.807, 2.05) is 0 Å². The van der Waals surface area contributed by atoms with E-state index < -0.39 is 42.0 Å². The fourth-order valence-corrected chi connectivity index (χ4v) is 4.00. The largest absolute Gasteiger partial charge is 0.396 e. The van der Waals surface area contributed by atoms with Gasteiger partial charge in [-0.25, -0.2) is 4.98 Å². The maximum atomic E-state index is 13.1. The summed E-state index contributed by atoms with van der Waals surface area (Å²) in [6.07, 6.45) is -6.01. The minimum atomic E-state index is -4.51. The summed E-state index contributed by atoms with van der Waals surface area (Å²) in [5.74, 6) is -0.918. The molecular weight excluding hydrogens is 527 g/mol. The number of aryl methyl sites for hydroxylation is 1. The number of amides is 1. The third kappa shape index (κ3) is 7.64. The van der Waals surface area contributed by atoms with Crippen LogP contribution in [0.4, 0.5) is 18.9 Å². The lowest BCUT2D eigenvalue weighted by atomic mass is 9.81. The van der Waals surface area contributed by atoms with Crippen molar-refractivity contribution in [3.05, 3.63) is 45.5 Å². The molecule has 208 valence electrons. The second-order valence-corrected chi connectivity index (χ2v) is 11.1. The number of anilines is 1. The Morgan fingerprint density at radius 3 is 2.45 bits per heavy atom. The van der Waals surface area contributed by atoms with Crippen LogP contribution in [0.2, 0.25) is 5.02 Å². The maximum absolute atomic E-state index is 13.1. The highest BCUT2D eigenvalue weighted by atomic mass is 35.5. The molecule has 12 heteroatoms. The van der Waals surface area contributed by atoms with Crippen LogP contribution < -0.4 is 10.9 Å². The van der Waals surface area contributed by atoms with Gasteiger partial charge in [0, 0.05) is 40.3 Å². The number of nitrogens with zero attached hydrogens (tertiary/aromatic N) is 2. The summed E-state index contributed by atoms with van der Waals surface area (Å²) in [7, 11) is 0. The predicted octanol–water partition coefficient (Wildman–Crippen LogP) is 4.40. The normalized spacial score (nSPS) is 15.2. The lowest BCUT2D eigenvalue weighted by molar-refractivity contribution is -0.145. The molecule has 1 amide bonds. The third-order valence-corrected chi connectivity index (χ3v) is 6.56. The Kier molecular flexibility index (Phi) is 9.05. The van der Waals surface area contributed by atoms with E-state index >= 15 is 0 Å². The van der Waals surface area contributed by atoms with Gasteiger partial charge in [-0.3, -0.25) is 19.0 Å². The zero-order valence-corrected chi connectivity index (χ0v) is 22.2. The highest BCUT2D eigenvalue weighted by Crippen LogP contribution is 2.33. The summed E-state index contributed by atoms with van der Waals surface area (Å²) < 4.78 is 45.3. The minimum absolute atomic E-state index is 0.0248. The van der Waals surface area contributed by atoms with Gasteiger partial charge in [-0.1, -0.05) is 32.4 Å². The average molecular weight is 558 g/mol. The number of carbonyl (C=O) groups excluding carboxylic acids is 2. The van der Waals surface area contributed by atoms with Crippen LogP contribution in [0.1, 0.15) is 45.9 Å². The fourth-order valence-electron chi connectivity index (χ4n) is 3.82. The molecule has 0 unspecified atom stereocenters. The van der Waals surface area contributed by atoms with Gasteiger partial charge in [0.05, 0.1) is 44.2 Å². The molecule has 38 heavy (non-hydrogen) atoms. The molecule has 1 aromatic carbocycles. The number of aromatic nitrogens is 2. The molecule has 1 fully saturated rings. The lowest BCUT2D eigenvalue weighted by Crippen LogP contribution is -2.46. The minimum Gasteiger partial charge on any atom is -0.396 e.